The summed E-state index contributed by atoms with van der Waals surface area (Å²) < 4.78 is 0. The summed E-state index contributed by atoms with van der Waals surface area (Å²) in [5, 5.41) is 0. The van der Waals surface area contributed by atoms with Crippen LogP contribution in [0.1, 0.15) is 58.8 Å². The summed E-state index contributed by atoms with van der Waals surface area (Å²) in [6, 6.07) is 1.44. The third kappa shape index (κ3) is 3.76. The Morgan fingerprint density at radius 3 is 2.67 bits per heavy atom. The van der Waals surface area contributed by atoms with E-state index < -0.39 is 0 Å². The summed E-state index contributed by atoms with van der Waals surface area (Å²) in [7, 11) is 0. The first-order valence-electron chi connectivity index (χ1n) is 6.79. The van der Waals surface area contributed by atoms with Crippen LogP contribution in [0.15, 0.2) is 0 Å². The van der Waals surface area contributed by atoms with E-state index in [-0.39, 0.29) is 0 Å². The summed E-state index contributed by atoms with van der Waals surface area (Å²) in [6.07, 6.45) is 9.41. The van der Waals surface area contributed by atoms with Gasteiger partial charge in [-0.3, -0.25) is 4.90 Å². The highest BCUT2D eigenvalue weighted by Crippen LogP contribution is 2.22. The van der Waals surface area contributed by atoms with Crippen LogP contribution in [0.3, 0.4) is 0 Å². The molecule has 0 aliphatic carbocycles. The minimum atomic E-state index is 0.637. The third-order valence-electron chi connectivity index (χ3n) is 3.76. The molecule has 2 unspecified atom stereocenters. The molecule has 0 aromatic rings. The van der Waals surface area contributed by atoms with Gasteiger partial charge in [0.05, 0.1) is 0 Å². The minimum Gasteiger partial charge on any atom is -0.329 e. The Labute approximate surface area is 95.2 Å². The third-order valence-corrected chi connectivity index (χ3v) is 3.76. The minimum absolute atomic E-state index is 0.637. The van der Waals surface area contributed by atoms with Crippen molar-refractivity contribution in [1.29, 1.82) is 0 Å². The van der Waals surface area contributed by atoms with Gasteiger partial charge in [-0.05, 0) is 32.2 Å². The second-order valence-electron chi connectivity index (χ2n) is 4.83. The molecule has 1 heterocycles. The molecule has 15 heavy (non-hydrogen) atoms. The monoisotopic (exact) mass is 212 g/mol. The van der Waals surface area contributed by atoms with Gasteiger partial charge in [0.15, 0.2) is 0 Å². The van der Waals surface area contributed by atoms with Gasteiger partial charge in [-0.25, -0.2) is 0 Å². The van der Waals surface area contributed by atoms with Crippen LogP contribution >= 0.6 is 0 Å². The zero-order chi connectivity index (χ0) is 11.1. The Hall–Kier alpha value is -0.0800. The van der Waals surface area contributed by atoms with Gasteiger partial charge >= 0.3 is 0 Å². The molecule has 2 N–H and O–H groups in total. The maximum atomic E-state index is 5.92. The largest absolute Gasteiger partial charge is 0.329 e. The molecule has 2 atom stereocenters. The SMILES string of the molecule is CCCC(CN)N1CCCCCC1CC. The number of hydrogen-bond donors (Lipinski definition) is 1. The lowest BCUT2D eigenvalue weighted by molar-refractivity contribution is 0.128. The standard InChI is InChI=1S/C13H28N2/c1-3-8-13(11-14)15-10-7-5-6-9-12(15)4-2/h12-13H,3-11,14H2,1-2H3. The predicted octanol–water partition coefficient (Wildman–Crippen LogP) is 2.77. The fraction of sp³-hybridized carbons (Fsp3) is 1.00. The van der Waals surface area contributed by atoms with E-state index in [2.05, 4.69) is 18.7 Å². The number of nitrogens with two attached hydrogens (primary N) is 1. The van der Waals surface area contributed by atoms with E-state index in [4.69, 9.17) is 5.73 Å². The molecule has 90 valence electrons. The van der Waals surface area contributed by atoms with Gasteiger partial charge in [0, 0.05) is 18.6 Å². The van der Waals surface area contributed by atoms with Gasteiger partial charge in [-0.15, -0.1) is 0 Å². The van der Waals surface area contributed by atoms with Crippen LogP contribution in [0.25, 0.3) is 0 Å². The van der Waals surface area contributed by atoms with Gasteiger partial charge in [0.2, 0.25) is 0 Å². The van der Waals surface area contributed by atoms with E-state index in [1.807, 2.05) is 0 Å². The second kappa shape index (κ2) is 7.24. The van der Waals surface area contributed by atoms with E-state index in [0.29, 0.717) is 6.04 Å². The molecule has 0 saturated carbocycles. The van der Waals surface area contributed by atoms with Gasteiger partial charge < -0.3 is 5.73 Å². The van der Waals surface area contributed by atoms with Crippen molar-refractivity contribution in [3.63, 3.8) is 0 Å². The zero-order valence-corrected chi connectivity index (χ0v) is 10.5. The number of likely N-dealkylation sites (tertiary alicyclic amines) is 1. The first-order chi connectivity index (χ1) is 7.33. The molecule has 0 bridgehead atoms. The van der Waals surface area contributed by atoms with Crippen molar-refractivity contribution in [2.24, 2.45) is 5.73 Å². The summed E-state index contributed by atoms with van der Waals surface area (Å²) in [5.74, 6) is 0. The summed E-state index contributed by atoms with van der Waals surface area (Å²) in [6.45, 7) is 6.70. The molecule has 0 spiro atoms. The van der Waals surface area contributed by atoms with Crippen LogP contribution in [0.2, 0.25) is 0 Å². The van der Waals surface area contributed by atoms with Crippen molar-refractivity contribution < 1.29 is 0 Å². The average molecular weight is 212 g/mol. The van der Waals surface area contributed by atoms with Crippen LogP contribution in [-0.4, -0.2) is 30.1 Å². The molecule has 0 aromatic carbocycles. The predicted molar refractivity (Wildman–Crippen MR) is 67.0 cm³/mol. The first-order valence-corrected chi connectivity index (χ1v) is 6.79. The number of rotatable bonds is 5. The fourth-order valence-electron chi connectivity index (χ4n) is 2.87. The maximum Gasteiger partial charge on any atom is 0.0221 e. The van der Waals surface area contributed by atoms with Gasteiger partial charge in [-0.2, -0.15) is 0 Å². The van der Waals surface area contributed by atoms with Crippen molar-refractivity contribution in [2.75, 3.05) is 13.1 Å². The molecule has 2 nitrogen and oxygen atoms in total. The molecule has 0 aromatic heterocycles. The Morgan fingerprint density at radius 1 is 1.27 bits per heavy atom. The quantitative estimate of drug-likeness (QED) is 0.759. The molecule has 1 rings (SSSR count). The zero-order valence-electron chi connectivity index (χ0n) is 10.5. The van der Waals surface area contributed by atoms with Gasteiger partial charge in [-0.1, -0.05) is 33.1 Å². The van der Waals surface area contributed by atoms with Gasteiger partial charge in [0.1, 0.15) is 0 Å². The molecule has 0 amide bonds. The van der Waals surface area contributed by atoms with E-state index in [1.54, 1.807) is 0 Å². The lowest BCUT2D eigenvalue weighted by Gasteiger charge is -2.36. The lowest BCUT2D eigenvalue weighted by atomic mass is 10.0. The highest BCUT2D eigenvalue weighted by molar-refractivity contribution is 4.81. The van der Waals surface area contributed by atoms with Crippen LogP contribution in [-0.2, 0) is 0 Å². The van der Waals surface area contributed by atoms with Gasteiger partial charge in [0.25, 0.3) is 0 Å². The lowest BCUT2D eigenvalue weighted by Crippen LogP contribution is -2.46. The molecule has 1 fully saturated rings. The molecular formula is C13H28N2. The normalized spacial score (nSPS) is 26.2. The van der Waals surface area contributed by atoms with E-state index in [9.17, 15) is 0 Å². The molecule has 1 saturated heterocycles. The van der Waals surface area contributed by atoms with Crippen molar-refractivity contribution in [3.05, 3.63) is 0 Å². The summed E-state index contributed by atoms with van der Waals surface area (Å²) >= 11 is 0. The van der Waals surface area contributed by atoms with Crippen molar-refractivity contribution >= 4 is 0 Å². The van der Waals surface area contributed by atoms with Crippen LogP contribution < -0.4 is 5.73 Å². The van der Waals surface area contributed by atoms with Crippen molar-refractivity contribution in [3.8, 4) is 0 Å². The van der Waals surface area contributed by atoms with E-state index >= 15 is 0 Å². The first kappa shape index (κ1) is 13.0. The number of hydrogen-bond acceptors (Lipinski definition) is 2. The highest BCUT2D eigenvalue weighted by atomic mass is 15.2. The molecule has 2 heteroatoms. The van der Waals surface area contributed by atoms with Crippen molar-refractivity contribution in [1.82, 2.24) is 4.90 Å². The van der Waals surface area contributed by atoms with Crippen LogP contribution in [0, 0.1) is 0 Å². The highest BCUT2D eigenvalue weighted by Gasteiger charge is 2.24. The van der Waals surface area contributed by atoms with E-state index in [0.717, 1.165) is 12.6 Å². The van der Waals surface area contributed by atoms with Crippen LogP contribution in [0.4, 0.5) is 0 Å². The Balaban J connectivity index is 2.58. The van der Waals surface area contributed by atoms with E-state index in [1.165, 1.54) is 51.5 Å². The maximum absolute atomic E-state index is 5.92. The molecule has 1 aliphatic rings. The summed E-state index contributed by atoms with van der Waals surface area (Å²) in [4.78, 5) is 2.70. The Kier molecular flexibility index (Phi) is 6.26. The average Bonchev–Trinajstić information content (AvgIpc) is 2.50. The second-order valence-corrected chi connectivity index (χ2v) is 4.83. The summed E-state index contributed by atoms with van der Waals surface area (Å²) in [5.41, 5.74) is 5.92. The van der Waals surface area contributed by atoms with Crippen LogP contribution in [0.5, 0.6) is 0 Å². The Morgan fingerprint density at radius 2 is 2.07 bits per heavy atom. The molecule has 1 aliphatic heterocycles. The fourth-order valence-corrected chi connectivity index (χ4v) is 2.87. The molecular weight excluding hydrogens is 184 g/mol. The molecule has 0 radical (unpaired) electrons. The van der Waals surface area contributed by atoms with Crippen molar-refractivity contribution in [2.45, 2.75) is 70.9 Å². The Bertz CT molecular complexity index is 159. The smallest absolute Gasteiger partial charge is 0.0221 e. The topological polar surface area (TPSA) is 29.3 Å². The number of nitrogens with zero attached hydrogens (tertiary/aromatic N) is 1.